The maximum absolute atomic E-state index is 13.1. The Morgan fingerprint density at radius 1 is 1.12 bits per heavy atom. The van der Waals surface area contributed by atoms with E-state index in [0.29, 0.717) is 18.7 Å². The third-order valence-corrected chi connectivity index (χ3v) is 6.39. The molecule has 1 unspecified atom stereocenters. The lowest BCUT2D eigenvalue weighted by Crippen LogP contribution is -2.42. The van der Waals surface area contributed by atoms with Crippen molar-refractivity contribution in [1.82, 2.24) is 20.1 Å². The molecule has 2 aromatic heterocycles. The van der Waals surface area contributed by atoms with Crippen molar-refractivity contribution >= 4 is 12.0 Å². The molecule has 170 valence electrons. The van der Waals surface area contributed by atoms with Crippen LogP contribution < -0.4 is 10.1 Å². The highest BCUT2D eigenvalue weighted by molar-refractivity contribution is 5.93. The van der Waals surface area contributed by atoms with Gasteiger partial charge in [-0.2, -0.15) is 5.10 Å². The number of nitrogens with zero attached hydrogens (tertiary/aromatic N) is 3. The predicted octanol–water partition coefficient (Wildman–Crippen LogP) is 4.47. The van der Waals surface area contributed by atoms with E-state index < -0.39 is 5.41 Å². The van der Waals surface area contributed by atoms with Gasteiger partial charge in [0.15, 0.2) is 0 Å². The van der Waals surface area contributed by atoms with Crippen LogP contribution in [-0.4, -0.2) is 34.3 Å². The normalized spacial score (nSPS) is 16.6. The molecule has 6 heteroatoms. The van der Waals surface area contributed by atoms with Gasteiger partial charge in [-0.25, -0.2) is 0 Å². The van der Waals surface area contributed by atoms with E-state index in [2.05, 4.69) is 33.6 Å². The van der Waals surface area contributed by atoms with Crippen LogP contribution in [0.1, 0.15) is 39.0 Å². The van der Waals surface area contributed by atoms with Gasteiger partial charge in [0.1, 0.15) is 5.75 Å². The Balaban J connectivity index is 1.41. The van der Waals surface area contributed by atoms with E-state index in [1.165, 1.54) is 0 Å². The molecule has 1 amide bonds. The van der Waals surface area contributed by atoms with E-state index in [9.17, 15) is 4.79 Å². The zero-order chi connectivity index (χ0) is 23.4. The second kappa shape index (κ2) is 9.35. The molecular weight excluding hydrogens is 424 g/mol. The number of hydrogen-bond donors (Lipinski definition) is 1. The Labute approximate surface area is 198 Å². The van der Waals surface area contributed by atoms with Gasteiger partial charge < -0.3 is 10.1 Å². The first-order valence-corrected chi connectivity index (χ1v) is 11.3. The number of ether oxygens (including phenoxy) is 1. The minimum Gasteiger partial charge on any atom is -0.497 e. The molecule has 0 saturated heterocycles. The van der Waals surface area contributed by atoms with Crippen LogP contribution in [0.25, 0.3) is 6.08 Å². The van der Waals surface area contributed by atoms with Crippen LogP contribution >= 0.6 is 0 Å². The smallest absolute Gasteiger partial charge is 0.254 e. The van der Waals surface area contributed by atoms with Crippen molar-refractivity contribution in [3.63, 3.8) is 0 Å². The summed E-state index contributed by atoms with van der Waals surface area (Å²) < 4.78 is 7.28. The number of allylic oxidation sites excluding steroid dienone is 1. The molecule has 0 spiro atoms. The number of rotatable bonds is 7. The Morgan fingerprint density at radius 3 is 2.85 bits per heavy atom. The zero-order valence-electron chi connectivity index (χ0n) is 19.0. The molecule has 0 radical (unpaired) electrons. The molecule has 1 atom stereocenters. The van der Waals surface area contributed by atoms with Crippen LogP contribution in [0, 0.1) is 0 Å². The Hall–Kier alpha value is -4.19. The standard InChI is InChI=1S/C28H26N4O2/c1-34-25-11-5-10-24(15-25)28(13-6-9-22-16-29-14-12-26(22)28)20-30-27(33)23-17-31-32(19-23)18-21-7-3-2-4-8-21/h2-12,14-17,19H,13,18,20H2,1H3,(H,30,33). The first-order valence-electron chi connectivity index (χ1n) is 11.3. The number of aromatic nitrogens is 3. The van der Waals surface area contributed by atoms with E-state index in [1.807, 2.05) is 67.0 Å². The number of carbonyl (C=O) groups is 1. The molecule has 34 heavy (non-hydrogen) atoms. The van der Waals surface area contributed by atoms with Crippen molar-refractivity contribution in [2.45, 2.75) is 18.4 Å². The summed E-state index contributed by atoms with van der Waals surface area (Å²) in [7, 11) is 1.67. The Kier molecular flexibility index (Phi) is 5.95. The van der Waals surface area contributed by atoms with Crippen molar-refractivity contribution in [3.05, 3.63) is 119 Å². The molecule has 1 N–H and O–H groups in total. The number of amides is 1. The Bertz CT molecular complexity index is 1330. The number of carbonyl (C=O) groups excluding carboxylic acids is 1. The minimum atomic E-state index is -0.433. The molecule has 1 aliphatic rings. The molecule has 0 aliphatic heterocycles. The van der Waals surface area contributed by atoms with Crippen molar-refractivity contribution in [2.24, 2.45) is 0 Å². The van der Waals surface area contributed by atoms with E-state index in [-0.39, 0.29) is 5.91 Å². The number of nitrogens with one attached hydrogen (secondary N) is 1. The lowest BCUT2D eigenvalue weighted by molar-refractivity contribution is 0.0946. The summed E-state index contributed by atoms with van der Waals surface area (Å²) in [5.41, 5.74) is 4.52. The van der Waals surface area contributed by atoms with E-state index >= 15 is 0 Å². The zero-order valence-corrected chi connectivity index (χ0v) is 19.0. The molecule has 5 rings (SSSR count). The molecule has 0 fully saturated rings. The van der Waals surface area contributed by atoms with Gasteiger partial charge in [0.2, 0.25) is 0 Å². The number of benzene rings is 2. The summed E-state index contributed by atoms with van der Waals surface area (Å²) in [6.45, 7) is 1.05. The Morgan fingerprint density at radius 2 is 2.00 bits per heavy atom. The SMILES string of the molecule is COc1cccc(C2(CNC(=O)c3cnn(Cc4ccccc4)c3)CC=Cc3cnccc32)c1. The van der Waals surface area contributed by atoms with Gasteiger partial charge in [-0.05, 0) is 46.9 Å². The molecule has 6 nitrogen and oxygen atoms in total. The lowest BCUT2D eigenvalue weighted by Gasteiger charge is -2.37. The van der Waals surface area contributed by atoms with Crippen LogP contribution in [0.4, 0.5) is 0 Å². The summed E-state index contributed by atoms with van der Waals surface area (Å²) in [5.74, 6) is 0.641. The molecule has 4 aromatic rings. The fraction of sp³-hybridized carbons (Fsp3) is 0.179. The first-order chi connectivity index (χ1) is 16.7. The predicted molar refractivity (Wildman–Crippen MR) is 132 cm³/mol. The fourth-order valence-corrected chi connectivity index (χ4v) is 4.61. The van der Waals surface area contributed by atoms with Crippen molar-refractivity contribution in [1.29, 1.82) is 0 Å². The van der Waals surface area contributed by atoms with Crippen LogP contribution in [0.15, 0.2) is 91.5 Å². The van der Waals surface area contributed by atoms with Crippen LogP contribution in [0.5, 0.6) is 5.75 Å². The molecule has 2 aromatic carbocycles. The van der Waals surface area contributed by atoms with Gasteiger partial charge in [0, 0.05) is 30.6 Å². The van der Waals surface area contributed by atoms with Crippen LogP contribution in [0.2, 0.25) is 0 Å². The summed E-state index contributed by atoms with van der Waals surface area (Å²) in [5, 5.41) is 7.56. The van der Waals surface area contributed by atoms with Gasteiger partial charge in [-0.3, -0.25) is 14.5 Å². The fourth-order valence-electron chi connectivity index (χ4n) is 4.61. The van der Waals surface area contributed by atoms with Crippen LogP contribution in [-0.2, 0) is 12.0 Å². The molecule has 1 aliphatic carbocycles. The average Bonchev–Trinajstić information content (AvgIpc) is 3.36. The van der Waals surface area contributed by atoms with Gasteiger partial charge in [-0.1, -0.05) is 54.6 Å². The summed E-state index contributed by atoms with van der Waals surface area (Å²) >= 11 is 0. The molecular formula is C28H26N4O2. The van der Waals surface area contributed by atoms with Gasteiger partial charge in [0.25, 0.3) is 5.91 Å². The monoisotopic (exact) mass is 450 g/mol. The highest BCUT2D eigenvalue weighted by atomic mass is 16.5. The quantitative estimate of drug-likeness (QED) is 0.451. The maximum Gasteiger partial charge on any atom is 0.254 e. The lowest BCUT2D eigenvalue weighted by atomic mass is 9.68. The summed E-state index contributed by atoms with van der Waals surface area (Å²) in [4.78, 5) is 17.4. The van der Waals surface area contributed by atoms with Gasteiger partial charge in [-0.15, -0.1) is 0 Å². The third-order valence-electron chi connectivity index (χ3n) is 6.39. The second-order valence-electron chi connectivity index (χ2n) is 8.48. The summed E-state index contributed by atoms with van der Waals surface area (Å²) in [6, 6.07) is 20.2. The van der Waals surface area contributed by atoms with Gasteiger partial charge >= 0.3 is 0 Å². The van der Waals surface area contributed by atoms with Crippen LogP contribution in [0.3, 0.4) is 0 Å². The molecule has 0 bridgehead atoms. The van der Waals surface area contributed by atoms with Crippen molar-refractivity contribution < 1.29 is 9.53 Å². The van der Waals surface area contributed by atoms with E-state index in [1.54, 1.807) is 24.2 Å². The van der Waals surface area contributed by atoms with Gasteiger partial charge in [0.05, 0.1) is 25.4 Å². The number of fused-ring (bicyclic) bond motifs is 1. The highest BCUT2D eigenvalue weighted by Crippen LogP contribution is 2.41. The maximum atomic E-state index is 13.1. The number of pyridine rings is 1. The third kappa shape index (κ3) is 4.22. The van der Waals surface area contributed by atoms with Crippen molar-refractivity contribution in [2.75, 3.05) is 13.7 Å². The first kappa shape index (κ1) is 21.6. The number of methoxy groups -OCH3 is 1. The molecule has 2 heterocycles. The minimum absolute atomic E-state index is 0.147. The second-order valence-corrected chi connectivity index (χ2v) is 8.48. The van der Waals surface area contributed by atoms with Crippen molar-refractivity contribution in [3.8, 4) is 5.75 Å². The number of hydrogen-bond acceptors (Lipinski definition) is 4. The highest BCUT2D eigenvalue weighted by Gasteiger charge is 2.37. The largest absolute Gasteiger partial charge is 0.497 e. The summed E-state index contributed by atoms with van der Waals surface area (Å²) in [6.07, 6.45) is 12.1. The average molecular weight is 451 g/mol. The molecule has 0 saturated carbocycles. The van der Waals surface area contributed by atoms with E-state index in [4.69, 9.17) is 4.74 Å². The topological polar surface area (TPSA) is 69.0 Å². The van der Waals surface area contributed by atoms with E-state index in [0.717, 1.165) is 34.4 Å².